The van der Waals surface area contributed by atoms with Gasteiger partial charge in [0.2, 0.25) is 5.91 Å². The molecule has 1 N–H and O–H groups in total. The number of hydrogen-bond acceptors (Lipinski definition) is 4. The zero-order valence-corrected chi connectivity index (χ0v) is 18.7. The Morgan fingerprint density at radius 2 is 1.80 bits per heavy atom. The van der Waals surface area contributed by atoms with Gasteiger partial charge in [0.05, 0.1) is 7.11 Å². The van der Waals surface area contributed by atoms with Crippen molar-refractivity contribution < 1.29 is 14.3 Å². The number of methoxy groups -OCH3 is 1. The van der Waals surface area contributed by atoms with Gasteiger partial charge in [0.1, 0.15) is 5.75 Å². The number of carbonyl (C=O) groups excluding carboxylic acids is 2. The van der Waals surface area contributed by atoms with Crippen LogP contribution in [0.25, 0.3) is 0 Å². The third-order valence-electron chi connectivity index (χ3n) is 6.51. The highest BCUT2D eigenvalue weighted by Gasteiger charge is 2.31. The van der Waals surface area contributed by atoms with Crippen LogP contribution in [0.5, 0.6) is 5.75 Å². The standard InChI is InChI=1S/C24H37N3O3/c1-18(2)7-12-25-23(28)19-8-13-26(14-9-19)21-10-15-27(16-11-21)24(29)20-5-4-6-22(17-20)30-3/h4-6,17-19,21H,7-16H2,1-3H3,(H,25,28). The van der Waals surface area contributed by atoms with E-state index < -0.39 is 0 Å². The molecule has 0 atom stereocenters. The molecule has 30 heavy (non-hydrogen) atoms. The van der Waals surface area contributed by atoms with Crippen molar-refractivity contribution in [2.75, 3.05) is 39.8 Å². The van der Waals surface area contributed by atoms with Crippen molar-refractivity contribution in [1.82, 2.24) is 15.1 Å². The maximum atomic E-state index is 12.8. The fourth-order valence-corrected chi connectivity index (χ4v) is 4.53. The molecule has 2 aliphatic rings. The van der Waals surface area contributed by atoms with Crippen molar-refractivity contribution >= 4 is 11.8 Å². The third-order valence-corrected chi connectivity index (χ3v) is 6.51. The number of ether oxygens (including phenoxy) is 1. The second kappa shape index (κ2) is 10.8. The molecule has 0 spiro atoms. The first kappa shape index (κ1) is 22.6. The van der Waals surface area contributed by atoms with Gasteiger partial charge in [-0.1, -0.05) is 19.9 Å². The first-order valence-corrected chi connectivity index (χ1v) is 11.4. The summed E-state index contributed by atoms with van der Waals surface area (Å²) in [4.78, 5) is 29.7. The predicted molar refractivity (Wildman–Crippen MR) is 119 cm³/mol. The molecule has 1 aromatic carbocycles. The maximum Gasteiger partial charge on any atom is 0.253 e. The number of amides is 2. The summed E-state index contributed by atoms with van der Waals surface area (Å²) in [5, 5.41) is 3.11. The molecule has 2 amide bonds. The second-order valence-electron chi connectivity index (χ2n) is 9.04. The van der Waals surface area contributed by atoms with Crippen LogP contribution in [0.3, 0.4) is 0 Å². The van der Waals surface area contributed by atoms with Crippen molar-refractivity contribution in [2.24, 2.45) is 11.8 Å². The topological polar surface area (TPSA) is 61.9 Å². The van der Waals surface area contributed by atoms with Gasteiger partial charge in [0.15, 0.2) is 0 Å². The highest BCUT2D eigenvalue weighted by atomic mass is 16.5. The minimum atomic E-state index is 0.0872. The molecular weight excluding hydrogens is 378 g/mol. The molecule has 2 heterocycles. The zero-order valence-electron chi connectivity index (χ0n) is 18.7. The highest BCUT2D eigenvalue weighted by molar-refractivity contribution is 5.94. The minimum Gasteiger partial charge on any atom is -0.497 e. The molecule has 3 rings (SSSR count). The lowest BCUT2D eigenvalue weighted by Crippen LogP contribution is -2.50. The second-order valence-corrected chi connectivity index (χ2v) is 9.04. The SMILES string of the molecule is COc1cccc(C(=O)N2CCC(N3CCC(C(=O)NCCC(C)C)CC3)CC2)c1. The highest BCUT2D eigenvalue weighted by Crippen LogP contribution is 2.25. The number of carbonyl (C=O) groups is 2. The quantitative estimate of drug-likeness (QED) is 0.743. The molecule has 6 heteroatoms. The Balaban J connectivity index is 1.41. The van der Waals surface area contributed by atoms with Crippen LogP contribution in [0.15, 0.2) is 24.3 Å². The number of rotatable bonds is 7. The van der Waals surface area contributed by atoms with Gasteiger partial charge in [-0.2, -0.15) is 0 Å². The molecule has 0 saturated carbocycles. The normalized spacial score (nSPS) is 19.1. The number of nitrogens with one attached hydrogen (secondary N) is 1. The fraction of sp³-hybridized carbons (Fsp3) is 0.667. The van der Waals surface area contributed by atoms with Gasteiger partial charge in [-0.25, -0.2) is 0 Å². The van der Waals surface area contributed by atoms with E-state index in [0.717, 1.165) is 64.8 Å². The van der Waals surface area contributed by atoms with Crippen molar-refractivity contribution in [3.63, 3.8) is 0 Å². The van der Waals surface area contributed by atoms with Gasteiger partial charge in [-0.05, 0) is 69.3 Å². The van der Waals surface area contributed by atoms with Crippen LogP contribution in [0.2, 0.25) is 0 Å². The molecule has 0 aliphatic carbocycles. The zero-order chi connectivity index (χ0) is 21.5. The molecule has 0 bridgehead atoms. The van der Waals surface area contributed by atoms with E-state index in [0.29, 0.717) is 23.3 Å². The number of hydrogen-bond donors (Lipinski definition) is 1. The van der Waals surface area contributed by atoms with Gasteiger partial charge in [0.25, 0.3) is 5.91 Å². The van der Waals surface area contributed by atoms with Gasteiger partial charge in [-0.15, -0.1) is 0 Å². The summed E-state index contributed by atoms with van der Waals surface area (Å²) in [5.74, 6) is 1.81. The largest absolute Gasteiger partial charge is 0.497 e. The predicted octanol–water partition coefficient (Wildman–Crippen LogP) is 3.17. The number of piperidine rings is 2. The monoisotopic (exact) mass is 415 g/mol. The Morgan fingerprint density at radius 3 is 2.43 bits per heavy atom. The molecular formula is C24H37N3O3. The lowest BCUT2D eigenvalue weighted by atomic mass is 9.92. The lowest BCUT2D eigenvalue weighted by Gasteiger charge is -2.41. The van der Waals surface area contributed by atoms with E-state index in [4.69, 9.17) is 4.74 Å². The van der Waals surface area contributed by atoms with Crippen LogP contribution in [0.4, 0.5) is 0 Å². The van der Waals surface area contributed by atoms with Crippen molar-refractivity contribution in [1.29, 1.82) is 0 Å². The molecule has 166 valence electrons. The van der Waals surface area contributed by atoms with E-state index >= 15 is 0 Å². The van der Waals surface area contributed by atoms with Crippen molar-refractivity contribution in [3.05, 3.63) is 29.8 Å². The van der Waals surface area contributed by atoms with Crippen LogP contribution in [0, 0.1) is 11.8 Å². The van der Waals surface area contributed by atoms with Gasteiger partial charge in [-0.3, -0.25) is 9.59 Å². The number of likely N-dealkylation sites (tertiary alicyclic amines) is 2. The van der Waals surface area contributed by atoms with Crippen LogP contribution in [-0.2, 0) is 4.79 Å². The Hall–Kier alpha value is -2.08. The Kier molecular flexibility index (Phi) is 8.14. The van der Waals surface area contributed by atoms with Crippen LogP contribution in [0.1, 0.15) is 56.3 Å². The van der Waals surface area contributed by atoms with E-state index in [2.05, 4.69) is 24.1 Å². The third kappa shape index (κ3) is 5.97. The molecule has 1 aromatic rings. The molecule has 6 nitrogen and oxygen atoms in total. The number of benzene rings is 1. The van der Waals surface area contributed by atoms with Crippen LogP contribution >= 0.6 is 0 Å². The Morgan fingerprint density at radius 1 is 1.10 bits per heavy atom. The minimum absolute atomic E-state index is 0.0872. The summed E-state index contributed by atoms with van der Waals surface area (Å²) in [6.45, 7) is 8.69. The Labute approximate surface area is 180 Å². The number of nitrogens with zero attached hydrogens (tertiary/aromatic N) is 2. The van der Waals surface area contributed by atoms with E-state index in [1.165, 1.54) is 0 Å². The lowest BCUT2D eigenvalue weighted by molar-refractivity contribution is -0.126. The summed E-state index contributed by atoms with van der Waals surface area (Å²) in [6.07, 6.45) is 4.92. The van der Waals surface area contributed by atoms with Gasteiger partial charge < -0.3 is 19.9 Å². The first-order valence-electron chi connectivity index (χ1n) is 11.4. The summed E-state index contributed by atoms with van der Waals surface area (Å²) >= 11 is 0. The van der Waals surface area contributed by atoms with Crippen molar-refractivity contribution in [3.8, 4) is 5.75 Å². The summed E-state index contributed by atoms with van der Waals surface area (Å²) < 4.78 is 5.24. The first-order chi connectivity index (χ1) is 14.5. The van der Waals surface area contributed by atoms with E-state index in [-0.39, 0.29) is 17.7 Å². The molecule has 0 aromatic heterocycles. The Bertz CT molecular complexity index is 705. The molecule has 2 fully saturated rings. The molecule has 2 saturated heterocycles. The van der Waals surface area contributed by atoms with E-state index in [9.17, 15) is 9.59 Å². The molecule has 2 aliphatic heterocycles. The summed E-state index contributed by atoms with van der Waals surface area (Å²) in [5.41, 5.74) is 0.692. The summed E-state index contributed by atoms with van der Waals surface area (Å²) in [7, 11) is 1.62. The average Bonchev–Trinajstić information content (AvgIpc) is 2.78. The van der Waals surface area contributed by atoms with Crippen LogP contribution in [-0.4, -0.2) is 67.5 Å². The van der Waals surface area contributed by atoms with E-state index in [1.54, 1.807) is 7.11 Å². The van der Waals surface area contributed by atoms with Gasteiger partial charge in [0, 0.05) is 37.2 Å². The summed E-state index contributed by atoms with van der Waals surface area (Å²) in [6, 6.07) is 7.91. The van der Waals surface area contributed by atoms with Gasteiger partial charge >= 0.3 is 0 Å². The molecule has 0 unspecified atom stereocenters. The average molecular weight is 416 g/mol. The van der Waals surface area contributed by atoms with Crippen molar-refractivity contribution in [2.45, 2.75) is 52.0 Å². The smallest absolute Gasteiger partial charge is 0.253 e. The van der Waals surface area contributed by atoms with E-state index in [1.807, 2.05) is 29.2 Å². The molecule has 0 radical (unpaired) electrons. The maximum absolute atomic E-state index is 12.8. The fourth-order valence-electron chi connectivity index (χ4n) is 4.53. The van der Waals surface area contributed by atoms with Crippen LogP contribution < -0.4 is 10.1 Å².